The van der Waals surface area contributed by atoms with Gasteiger partial charge in [-0.3, -0.25) is 4.79 Å². The van der Waals surface area contributed by atoms with E-state index in [9.17, 15) is 4.79 Å². The molecule has 1 aromatic heterocycles. The molecule has 1 aromatic carbocycles. The number of ether oxygens (including phenoxy) is 3. The molecule has 1 aliphatic rings. The van der Waals surface area contributed by atoms with Gasteiger partial charge in [-0.05, 0) is 51.8 Å². The van der Waals surface area contributed by atoms with Crippen LogP contribution in [0.1, 0.15) is 76.2 Å². The van der Waals surface area contributed by atoms with E-state index in [-0.39, 0.29) is 18.0 Å². The van der Waals surface area contributed by atoms with Crippen molar-refractivity contribution in [1.82, 2.24) is 15.2 Å². The van der Waals surface area contributed by atoms with E-state index in [1.165, 1.54) is 19.3 Å². The Bertz CT molecular complexity index is 928. The van der Waals surface area contributed by atoms with Crippen LogP contribution in [0.4, 0.5) is 0 Å². The van der Waals surface area contributed by atoms with E-state index in [0.717, 1.165) is 44.2 Å². The summed E-state index contributed by atoms with van der Waals surface area (Å²) < 4.78 is 17.4. The number of aromatic nitrogens is 1. The molecule has 0 spiro atoms. The fourth-order valence-electron chi connectivity index (χ4n) is 4.68. The van der Waals surface area contributed by atoms with E-state index in [1.54, 1.807) is 13.2 Å². The number of methoxy groups -OCH3 is 1. The van der Waals surface area contributed by atoms with Gasteiger partial charge in [-0.25, -0.2) is 4.98 Å². The van der Waals surface area contributed by atoms with E-state index in [4.69, 9.17) is 19.2 Å². The zero-order chi connectivity index (χ0) is 25.0. The molecule has 0 saturated carbocycles. The molecule has 2 heterocycles. The molecule has 7 heteroatoms. The maximum absolute atomic E-state index is 13.8. The van der Waals surface area contributed by atoms with Crippen molar-refractivity contribution in [2.45, 2.75) is 77.8 Å². The van der Waals surface area contributed by atoms with Crippen LogP contribution >= 0.6 is 0 Å². The number of hydrogen-bond acceptors (Lipinski definition) is 6. The number of carbonyl (C=O) groups excluding carboxylic acids is 1. The minimum atomic E-state index is -0.0680. The fourth-order valence-corrected chi connectivity index (χ4v) is 4.68. The number of rotatable bonds is 14. The SMILES string of the molecule is CCCCCCCOc1cccc2c(OCCOC)cc(C(=O)N(C(C)C)[C@@H]3CCCNC3)nc12. The summed E-state index contributed by atoms with van der Waals surface area (Å²) in [6.07, 6.45) is 7.92. The molecule has 1 saturated heterocycles. The van der Waals surface area contributed by atoms with Crippen molar-refractivity contribution in [2.24, 2.45) is 0 Å². The van der Waals surface area contributed by atoms with Gasteiger partial charge in [-0.15, -0.1) is 0 Å². The maximum Gasteiger partial charge on any atom is 0.273 e. The lowest BCUT2D eigenvalue weighted by molar-refractivity contribution is 0.0567. The van der Waals surface area contributed by atoms with Crippen molar-refractivity contribution in [1.29, 1.82) is 0 Å². The molecule has 1 amide bonds. The molecule has 35 heavy (non-hydrogen) atoms. The zero-order valence-electron chi connectivity index (χ0n) is 22.0. The first-order chi connectivity index (χ1) is 17.1. The van der Waals surface area contributed by atoms with Crippen molar-refractivity contribution in [3.8, 4) is 11.5 Å². The van der Waals surface area contributed by atoms with E-state index < -0.39 is 0 Å². The quantitative estimate of drug-likeness (QED) is 0.370. The van der Waals surface area contributed by atoms with Crippen LogP contribution in [-0.2, 0) is 4.74 Å². The Hall–Kier alpha value is -2.38. The number of unbranched alkanes of at least 4 members (excludes halogenated alkanes) is 4. The monoisotopic (exact) mass is 485 g/mol. The number of fused-ring (bicyclic) bond motifs is 1. The van der Waals surface area contributed by atoms with Crippen LogP contribution in [-0.4, -0.2) is 67.9 Å². The van der Waals surface area contributed by atoms with Crippen LogP contribution < -0.4 is 14.8 Å². The molecule has 194 valence electrons. The first kappa shape index (κ1) is 27.2. The molecule has 0 radical (unpaired) electrons. The van der Waals surface area contributed by atoms with Gasteiger partial charge in [0, 0.05) is 37.2 Å². The lowest BCUT2D eigenvalue weighted by atomic mass is 10.0. The third-order valence-corrected chi connectivity index (χ3v) is 6.49. The summed E-state index contributed by atoms with van der Waals surface area (Å²) in [5, 5.41) is 4.27. The first-order valence-corrected chi connectivity index (χ1v) is 13.3. The van der Waals surface area contributed by atoms with Crippen LogP contribution in [0.15, 0.2) is 24.3 Å². The number of hydrogen-bond donors (Lipinski definition) is 1. The molecule has 0 bridgehead atoms. The van der Waals surface area contributed by atoms with Gasteiger partial charge >= 0.3 is 0 Å². The number of para-hydroxylation sites is 1. The minimum absolute atomic E-state index is 0.0670. The zero-order valence-corrected chi connectivity index (χ0v) is 22.0. The van der Waals surface area contributed by atoms with Gasteiger partial charge in [0.05, 0.1) is 13.2 Å². The predicted molar refractivity (Wildman–Crippen MR) is 141 cm³/mol. The number of amides is 1. The standard InChI is InChI=1S/C28H43N3O4/c1-5-6-7-8-9-16-34-25-14-10-13-23-26(35-18-17-33-4)19-24(30-27(23)25)28(32)31(21(2)3)22-12-11-15-29-20-22/h10,13-14,19,21-22,29H,5-9,11-12,15-18,20H2,1-4H3/t22-/m1/s1. The number of nitrogens with one attached hydrogen (secondary N) is 1. The van der Waals surface area contributed by atoms with Crippen LogP contribution in [0.5, 0.6) is 11.5 Å². The first-order valence-electron chi connectivity index (χ1n) is 13.3. The molecular weight excluding hydrogens is 442 g/mol. The second kappa shape index (κ2) is 14.2. The molecule has 1 atom stereocenters. The third-order valence-electron chi connectivity index (χ3n) is 6.49. The number of piperidine rings is 1. The molecule has 0 aliphatic carbocycles. The maximum atomic E-state index is 13.8. The summed E-state index contributed by atoms with van der Waals surface area (Å²) in [6, 6.07) is 7.85. The molecule has 0 unspecified atom stereocenters. The van der Waals surface area contributed by atoms with Crippen LogP contribution in [0, 0.1) is 0 Å². The molecule has 3 rings (SSSR count). The molecule has 2 aromatic rings. The van der Waals surface area contributed by atoms with Gasteiger partial charge in [-0.1, -0.05) is 38.7 Å². The molecule has 1 aliphatic heterocycles. The van der Waals surface area contributed by atoms with Crippen LogP contribution in [0.25, 0.3) is 10.9 Å². The Morgan fingerprint density at radius 3 is 2.63 bits per heavy atom. The van der Waals surface area contributed by atoms with Gasteiger partial charge in [0.25, 0.3) is 5.91 Å². The number of pyridine rings is 1. The van der Waals surface area contributed by atoms with Gasteiger partial charge in [0.2, 0.25) is 0 Å². The highest BCUT2D eigenvalue weighted by molar-refractivity contribution is 5.98. The van der Waals surface area contributed by atoms with E-state index in [1.807, 2.05) is 23.1 Å². The summed E-state index contributed by atoms with van der Waals surface area (Å²) in [5.41, 5.74) is 1.06. The predicted octanol–water partition coefficient (Wildman–Crippen LogP) is 5.21. The Kier molecular flexibility index (Phi) is 11.1. The summed E-state index contributed by atoms with van der Waals surface area (Å²) >= 11 is 0. The number of benzene rings is 1. The Labute approximate surface area is 210 Å². The second-order valence-electron chi connectivity index (χ2n) is 9.57. The molecule has 1 fully saturated rings. The van der Waals surface area contributed by atoms with Crippen LogP contribution in [0.2, 0.25) is 0 Å². The van der Waals surface area contributed by atoms with Crippen molar-refractivity contribution < 1.29 is 19.0 Å². The second-order valence-corrected chi connectivity index (χ2v) is 9.57. The third kappa shape index (κ3) is 7.55. The highest BCUT2D eigenvalue weighted by Gasteiger charge is 2.30. The lowest BCUT2D eigenvalue weighted by Gasteiger charge is -2.37. The van der Waals surface area contributed by atoms with Gasteiger partial charge in [0.15, 0.2) is 0 Å². The topological polar surface area (TPSA) is 72.9 Å². The number of nitrogens with zero attached hydrogens (tertiary/aromatic N) is 2. The smallest absolute Gasteiger partial charge is 0.273 e. The minimum Gasteiger partial charge on any atom is -0.491 e. The lowest BCUT2D eigenvalue weighted by Crippen LogP contribution is -2.51. The normalized spacial score (nSPS) is 16.0. The van der Waals surface area contributed by atoms with Crippen molar-refractivity contribution in [3.63, 3.8) is 0 Å². The van der Waals surface area contributed by atoms with Gasteiger partial charge in [0.1, 0.15) is 29.3 Å². The summed E-state index contributed by atoms with van der Waals surface area (Å²) in [7, 11) is 1.65. The van der Waals surface area contributed by atoms with Crippen molar-refractivity contribution >= 4 is 16.8 Å². The molecule has 7 nitrogen and oxygen atoms in total. The van der Waals surface area contributed by atoms with E-state index in [0.29, 0.717) is 42.5 Å². The molecule has 1 N–H and O–H groups in total. The van der Waals surface area contributed by atoms with Crippen molar-refractivity contribution in [3.05, 3.63) is 30.0 Å². The summed E-state index contributed by atoms with van der Waals surface area (Å²) in [4.78, 5) is 20.6. The average Bonchev–Trinajstić information content (AvgIpc) is 2.86. The highest BCUT2D eigenvalue weighted by Crippen LogP contribution is 2.33. The summed E-state index contributed by atoms with van der Waals surface area (Å²) in [6.45, 7) is 9.65. The fraction of sp³-hybridized carbons (Fsp3) is 0.643. The van der Waals surface area contributed by atoms with Gasteiger partial charge in [-0.2, -0.15) is 0 Å². The Morgan fingerprint density at radius 2 is 1.91 bits per heavy atom. The highest BCUT2D eigenvalue weighted by atomic mass is 16.5. The summed E-state index contributed by atoms with van der Waals surface area (Å²) in [5.74, 6) is 1.26. The van der Waals surface area contributed by atoms with E-state index in [2.05, 4.69) is 26.1 Å². The average molecular weight is 486 g/mol. The molecular formula is C28H43N3O4. The Morgan fingerprint density at radius 1 is 1.11 bits per heavy atom. The van der Waals surface area contributed by atoms with Gasteiger partial charge < -0.3 is 24.4 Å². The number of carbonyl (C=O) groups is 1. The van der Waals surface area contributed by atoms with Crippen molar-refractivity contribution in [2.75, 3.05) is 40.0 Å². The van der Waals surface area contributed by atoms with Crippen LogP contribution in [0.3, 0.4) is 0 Å². The Balaban J connectivity index is 1.91. The van der Waals surface area contributed by atoms with E-state index >= 15 is 0 Å². The largest absolute Gasteiger partial charge is 0.491 e.